The average molecular weight is 242 g/mol. The molecule has 0 unspecified atom stereocenters. The Morgan fingerprint density at radius 2 is 2.06 bits per heavy atom. The number of rotatable bonds is 6. The zero-order chi connectivity index (χ0) is 12.9. The van der Waals surface area contributed by atoms with Crippen molar-refractivity contribution in [3.8, 4) is 0 Å². The maximum Gasteiger partial charge on any atom is 0.317 e. The van der Waals surface area contributed by atoms with E-state index in [1.165, 1.54) is 6.42 Å². The van der Waals surface area contributed by atoms with Crippen molar-refractivity contribution in [3.05, 3.63) is 0 Å². The predicted molar refractivity (Wildman–Crippen MR) is 64.9 cm³/mol. The lowest BCUT2D eigenvalue weighted by atomic mass is 9.75. The van der Waals surface area contributed by atoms with Crippen molar-refractivity contribution in [2.45, 2.75) is 51.0 Å². The van der Waals surface area contributed by atoms with Crippen LogP contribution in [0.5, 0.6) is 0 Å². The maximum atomic E-state index is 11.9. The van der Waals surface area contributed by atoms with Crippen LogP contribution in [0.4, 0.5) is 4.79 Å². The van der Waals surface area contributed by atoms with Crippen molar-refractivity contribution in [1.29, 1.82) is 0 Å². The Balaban J connectivity index is 2.29. The van der Waals surface area contributed by atoms with Gasteiger partial charge in [0.15, 0.2) is 0 Å². The van der Waals surface area contributed by atoms with Crippen molar-refractivity contribution in [3.63, 3.8) is 0 Å². The highest BCUT2D eigenvalue weighted by atomic mass is 16.4. The molecule has 1 fully saturated rings. The van der Waals surface area contributed by atoms with Crippen molar-refractivity contribution in [1.82, 2.24) is 10.2 Å². The van der Waals surface area contributed by atoms with Gasteiger partial charge in [-0.1, -0.05) is 6.92 Å². The summed E-state index contributed by atoms with van der Waals surface area (Å²) in [7, 11) is 1.71. The summed E-state index contributed by atoms with van der Waals surface area (Å²) in [5.41, 5.74) is -0.00184. The molecule has 0 aliphatic heterocycles. The Labute approximate surface area is 102 Å². The SMILES string of the molecule is CCC1(NC(=O)N(C)CCCC(=O)O)CCC1. The Hall–Kier alpha value is -1.26. The second kappa shape index (κ2) is 5.89. The van der Waals surface area contributed by atoms with Gasteiger partial charge in [0.2, 0.25) is 0 Å². The molecule has 0 saturated heterocycles. The highest BCUT2D eigenvalue weighted by Gasteiger charge is 2.36. The molecule has 5 nitrogen and oxygen atoms in total. The van der Waals surface area contributed by atoms with Crippen LogP contribution in [0.2, 0.25) is 0 Å². The van der Waals surface area contributed by atoms with Gasteiger partial charge in [-0.15, -0.1) is 0 Å². The lowest BCUT2D eigenvalue weighted by molar-refractivity contribution is -0.137. The van der Waals surface area contributed by atoms with Gasteiger partial charge < -0.3 is 15.3 Å². The Kier molecular flexibility index (Phi) is 4.78. The molecule has 5 heteroatoms. The van der Waals surface area contributed by atoms with Crippen LogP contribution in [-0.2, 0) is 4.79 Å². The lowest BCUT2D eigenvalue weighted by Gasteiger charge is -2.42. The molecular formula is C12H22N2O3. The number of hydrogen-bond donors (Lipinski definition) is 2. The number of nitrogens with zero attached hydrogens (tertiary/aromatic N) is 1. The quantitative estimate of drug-likeness (QED) is 0.746. The zero-order valence-corrected chi connectivity index (χ0v) is 10.7. The fraction of sp³-hybridized carbons (Fsp3) is 0.833. The van der Waals surface area contributed by atoms with E-state index in [0.29, 0.717) is 13.0 Å². The molecule has 2 N–H and O–H groups in total. The predicted octanol–water partition coefficient (Wildman–Crippen LogP) is 1.83. The van der Waals surface area contributed by atoms with Gasteiger partial charge in [-0.05, 0) is 32.1 Å². The van der Waals surface area contributed by atoms with Gasteiger partial charge >= 0.3 is 12.0 Å². The van der Waals surface area contributed by atoms with Crippen LogP contribution in [0.1, 0.15) is 45.4 Å². The van der Waals surface area contributed by atoms with E-state index in [2.05, 4.69) is 12.2 Å². The van der Waals surface area contributed by atoms with Crippen molar-refractivity contribution >= 4 is 12.0 Å². The number of carboxylic acids is 1. The summed E-state index contributed by atoms with van der Waals surface area (Å²) in [6, 6.07) is -0.0862. The lowest BCUT2D eigenvalue weighted by Crippen LogP contribution is -2.56. The first-order chi connectivity index (χ1) is 7.99. The summed E-state index contributed by atoms with van der Waals surface area (Å²) < 4.78 is 0. The van der Waals surface area contributed by atoms with E-state index in [-0.39, 0.29) is 18.0 Å². The number of hydrogen-bond acceptors (Lipinski definition) is 2. The smallest absolute Gasteiger partial charge is 0.317 e. The number of urea groups is 1. The van der Waals surface area contributed by atoms with Crippen LogP contribution >= 0.6 is 0 Å². The molecule has 1 aliphatic rings. The van der Waals surface area contributed by atoms with Gasteiger partial charge in [-0.25, -0.2) is 4.79 Å². The molecule has 1 saturated carbocycles. The van der Waals surface area contributed by atoms with Gasteiger partial charge in [0.05, 0.1) is 0 Å². The van der Waals surface area contributed by atoms with E-state index in [1.54, 1.807) is 11.9 Å². The number of carbonyl (C=O) groups excluding carboxylic acids is 1. The van der Waals surface area contributed by atoms with Gasteiger partial charge in [0.1, 0.15) is 0 Å². The third-order valence-corrected chi connectivity index (χ3v) is 3.59. The molecule has 1 rings (SSSR count). The van der Waals surface area contributed by atoms with E-state index >= 15 is 0 Å². The van der Waals surface area contributed by atoms with Gasteiger partial charge in [-0.2, -0.15) is 0 Å². The van der Waals surface area contributed by atoms with Crippen molar-refractivity contribution < 1.29 is 14.7 Å². The van der Waals surface area contributed by atoms with E-state index in [4.69, 9.17) is 5.11 Å². The van der Waals surface area contributed by atoms with E-state index in [9.17, 15) is 9.59 Å². The first-order valence-corrected chi connectivity index (χ1v) is 6.24. The number of nitrogens with one attached hydrogen (secondary N) is 1. The van der Waals surface area contributed by atoms with Crippen molar-refractivity contribution in [2.75, 3.05) is 13.6 Å². The summed E-state index contributed by atoms with van der Waals surface area (Å²) in [4.78, 5) is 23.8. The Bertz CT molecular complexity index is 282. The van der Waals surface area contributed by atoms with Crippen LogP contribution in [0.25, 0.3) is 0 Å². The summed E-state index contributed by atoms with van der Waals surface area (Å²) >= 11 is 0. The number of amides is 2. The minimum absolute atomic E-state index is 0.00184. The fourth-order valence-electron chi connectivity index (χ4n) is 2.06. The first-order valence-electron chi connectivity index (χ1n) is 6.24. The highest BCUT2D eigenvalue weighted by Crippen LogP contribution is 2.34. The highest BCUT2D eigenvalue weighted by molar-refractivity contribution is 5.75. The molecule has 0 radical (unpaired) electrons. The van der Waals surface area contributed by atoms with Crippen LogP contribution in [-0.4, -0.2) is 41.1 Å². The minimum Gasteiger partial charge on any atom is -0.481 e. The standard InChI is InChI=1S/C12H22N2O3/c1-3-12(7-5-8-12)13-11(17)14(2)9-4-6-10(15)16/h3-9H2,1-2H3,(H,13,17)(H,15,16). The molecule has 0 heterocycles. The molecule has 0 aromatic carbocycles. The van der Waals surface area contributed by atoms with E-state index in [0.717, 1.165) is 19.3 Å². The second-order valence-corrected chi connectivity index (χ2v) is 4.84. The van der Waals surface area contributed by atoms with Gasteiger partial charge in [0.25, 0.3) is 0 Å². The van der Waals surface area contributed by atoms with Crippen LogP contribution in [0, 0.1) is 0 Å². The summed E-state index contributed by atoms with van der Waals surface area (Å²) in [5.74, 6) is -0.817. The summed E-state index contributed by atoms with van der Waals surface area (Å²) in [5, 5.41) is 11.6. The normalized spacial score (nSPS) is 17.1. The second-order valence-electron chi connectivity index (χ2n) is 4.84. The first kappa shape index (κ1) is 13.8. The molecule has 0 atom stereocenters. The molecule has 0 aromatic rings. The molecular weight excluding hydrogens is 220 g/mol. The molecule has 0 spiro atoms. The van der Waals surface area contributed by atoms with Crippen LogP contribution < -0.4 is 5.32 Å². The number of carboxylic acid groups (broad SMARTS) is 1. The molecule has 17 heavy (non-hydrogen) atoms. The van der Waals surface area contributed by atoms with E-state index in [1.807, 2.05) is 0 Å². The molecule has 0 aromatic heterocycles. The Morgan fingerprint density at radius 1 is 1.41 bits per heavy atom. The third-order valence-electron chi connectivity index (χ3n) is 3.59. The largest absolute Gasteiger partial charge is 0.481 e. The fourth-order valence-corrected chi connectivity index (χ4v) is 2.06. The molecule has 0 bridgehead atoms. The van der Waals surface area contributed by atoms with Gasteiger partial charge in [-0.3, -0.25) is 4.79 Å². The number of aliphatic carboxylic acids is 1. The Morgan fingerprint density at radius 3 is 2.47 bits per heavy atom. The van der Waals surface area contributed by atoms with Crippen LogP contribution in [0.3, 0.4) is 0 Å². The van der Waals surface area contributed by atoms with Crippen molar-refractivity contribution in [2.24, 2.45) is 0 Å². The third kappa shape index (κ3) is 3.91. The maximum absolute atomic E-state index is 11.9. The molecule has 1 aliphatic carbocycles. The monoisotopic (exact) mass is 242 g/mol. The topological polar surface area (TPSA) is 69.6 Å². The molecule has 98 valence electrons. The molecule has 2 amide bonds. The van der Waals surface area contributed by atoms with Gasteiger partial charge in [0, 0.05) is 25.6 Å². The summed E-state index contributed by atoms with van der Waals surface area (Å²) in [6.07, 6.45) is 4.85. The minimum atomic E-state index is -0.817. The zero-order valence-electron chi connectivity index (χ0n) is 10.7. The van der Waals surface area contributed by atoms with E-state index < -0.39 is 5.97 Å². The van der Waals surface area contributed by atoms with Crippen LogP contribution in [0.15, 0.2) is 0 Å². The average Bonchev–Trinajstić information content (AvgIpc) is 2.22. The summed E-state index contributed by atoms with van der Waals surface area (Å²) in [6.45, 7) is 2.57. The number of carbonyl (C=O) groups is 2.